The van der Waals surface area contributed by atoms with E-state index in [1.807, 2.05) is 25.3 Å². The molecule has 2 amide bonds. The second-order valence-corrected chi connectivity index (χ2v) is 10.7. The molecule has 0 radical (unpaired) electrons. The third-order valence-corrected chi connectivity index (χ3v) is 8.03. The molecule has 2 aliphatic rings. The van der Waals surface area contributed by atoms with Gasteiger partial charge in [0, 0.05) is 50.8 Å². The second-order valence-electron chi connectivity index (χ2n) is 10.7. The third-order valence-electron chi connectivity index (χ3n) is 8.03. The number of anilines is 1. The topological polar surface area (TPSA) is 66.0 Å². The minimum Gasteiger partial charge on any atom is -0.410 e. The Labute approximate surface area is 237 Å². The summed E-state index contributed by atoms with van der Waals surface area (Å²) in [5.74, 6) is -2.00. The predicted octanol–water partition coefficient (Wildman–Crippen LogP) is 5.54. The Morgan fingerprint density at radius 1 is 0.976 bits per heavy atom. The van der Waals surface area contributed by atoms with Gasteiger partial charge in [-0.15, -0.1) is 0 Å². The van der Waals surface area contributed by atoms with Crippen LogP contribution in [0.3, 0.4) is 0 Å². The lowest BCUT2D eigenvalue weighted by Gasteiger charge is -2.34. The summed E-state index contributed by atoms with van der Waals surface area (Å²) in [7, 11) is 0. The molecule has 2 fully saturated rings. The molecule has 216 valence electrons. The molecular formula is C31H33F3N4O3. The summed E-state index contributed by atoms with van der Waals surface area (Å²) in [6, 6.07) is 12.3. The number of carbonyl (C=O) groups excluding carboxylic acids is 2. The van der Waals surface area contributed by atoms with Gasteiger partial charge in [-0.2, -0.15) is 0 Å². The van der Waals surface area contributed by atoms with Gasteiger partial charge in [-0.25, -0.2) is 22.9 Å². The summed E-state index contributed by atoms with van der Waals surface area (Å²) in [5, 5.41) is 0. The van der Waals surface area contributed by atoms with E-state index < -0.39 is 35.5 Å². The van der Waals surface area contributed by atoms with Crippen molar-refractivity contribution in [3.05, 3.63) is 89.4 Å². The minimum absolute atomic E-state index is 0.0143. The standard InChI is InChI=1S/C31H33F3N4O3/c1-3-38(31(40)41-24-8-6-23(32)7-9-24)28-19-37(18-25(28)22-5-10-26(33)27(34)16-22)30(39)21-12-14-36(15-13-21)29-11-4-20(2)17-35-29/h4-11,16-17,21,25,28H,3,12-15,18-19H2,1-2H3/t25?,28-/m1/s1. The van der Waals surface area contributed by atoms with Crippen LogP contribution < -0.4 is 9.64 Å². The molecule has 10 heteroatoms. The lowest BCUT2D eigenvalue weighted by Crippen LogP contribution is -2.47. The number of likely N-dealkylation sites (N-methyl/N-ethyl adjacent to an activating group) is 1. The highest BCUT2D eigenvalue weighted by atomic mass is 19.2. The van der Waals surface area contributed by atoms with Crippen molar-refractivity contribution in [2.45, 2.75) is 38.6 Å². The van der Waals surface area contributed by atoms with Gasteiger partial charge >= 0.3 is 6.09 Å². The van der Waals surface area contributed by atoms with Gasteiger partial charge in [0.25, 0.3) is 0 Å². The van der Waals surface area contributed by atoms with E-state index in [1.165, 1.54) is 35.2 Å². The maximum atomic E-state index is 14.3. The number of benzene rings is 2. The van der Waals surface area contributed by atoms with E-state index in [4.69, 9.17) is 4.74 Å². The average Bonchev–Trinajstić information content (AvgIpc) is 3.41. The number of carbonyl (C=O) groups is 2. The number of likely N-dealkylation sites (tertiary alicyclic amines) is 1. The fraction of sp³-hybridized carbons (Fsp3) is 0.387. The number of pyridine rings is 1. The number of hydrogen-bond donors (Lipinski definition) is 0. The van der Waals surface area contributed by atoms with Crippen molar-refractivity contribution in [3.8, 4) is 5.75 Å². The van der Waals surface area contributed by atoms with Crippen molar-refractivity contribution in [2.75, 3.05) is 37.6 Å². The molecular weight excluding hydrogens is 533 g/mol. The van der Waals surface area contributed by atoms with Crippen molar-refractivity contribution >= 4 is 17.8 Å². The molecule has 0 N–H and O–H groups in total. The quantitative estimate of drug-likeness (QED) is 0.392. The van der Waals surface area contributed by atoms with Crippen LogP contribution in [-0.4, -0.2) is 65.5 Å². The molecule has 0 saturated carbocycles. The van der Waals surface area contributed by atoms with E-state index >= 15 is 0 Å². The number of ether oxygens (including phenoxy) is 1. The Bertz CT molecular complexity index is 1380. The van der Waals surface area contributed by atoms with E-state index in [1.54, 1.807) is 11.8 Å². The summed E-state index contributed by atoms with van der Waals surface area (Å²) in [5.41, 5.74) is 1.58. The van der Waals surface area contributed by atoms with Gasteiger partial charge in [-0.3, -0.25) is 4.79 Å². The van der Waals surface area contributed by atoms with Crippen LogP contribution in [0.5, 0.6) is 5.75 Å². The van der Waals surface area contributed by atoms with E-state index in [0.717, 1.165) is 23.5 Å². The number of amides is 2. The van der Waals surface area contributed by atoms with Crippen LogP contribution >= 0.6 is 0 Å². The fourth-order valence-corrected chi connectivity index (χ4v) is 5.77. The number of aromatic nitrogens is 1. The Kier molecular flexibility index (Phi) is 8.46. The lowest BCUT2D eigenvalue weighted by atomic mass is 9.93. The Morgan fingerprint density at radius 3 is 2.34 bits per heavy atom. The molecule has 2 atom stereocenters. The largest absolute Gasteiger partial charge is 0.415 e. The summed E-state index contributed by atoms with van der Waals surface area (Å²) in [6.07, 6.45) is 2.49. The third kappa shape index (κ3) is 6.31. The van der Waals surface area contributed by atoms with E-state index in [2.05, 4.69) is 9.88 Å². The zero-order chi connectivity index (χ0) is 29.1. The summed E-state index contributed by atoms with van der Waals surface area (Å²) >= 11 is 0. The molecule has 1 aromatic heterocycles. The Morgan fingerprint density at radius 2 is 1.71 bits per heavy atom. The zero-order valence-electron chi connectivity index (χ0n) is 23.1. The van der Waals surface area contributed by atoms with Crippen molar-refractivity contribution in [3.63, 3.8) is 0 Å². The van der Waals surface area contributed by atoms with E-state index in [-0.39, 0.29) is 37.2 Å². The molecule has 3 aromatic rings. The molecule has 2 aliphatic heterocycles. The van der Waals surface area contributed by atoms with Gasteiger partial charge in [0.05, 0.1) is 6.04 Å². The molecule has 5 rings (SSSR count). The van der Waals surface area contributed by atoms with Crippen molar-refractivity contribution < 1.29 is 27.5 Å². The minimum atomic E-state index is -0.986. The van der Waals surface area contributed by atoms with E-state index in [0.29, 0.717) is 31.5 Å². The number of aryl methyl sites for hydroxylation is 1. The smallest absolute Gasteiger partial charge is 0.410 e. The van der Waals surface area contributed by atoms with Gasteiger partial charge in [0.1, 0.15) is 17.4 Å². The summed E-state index contributed by atoms with van der Waals surface area (Å²) in [4.78, 5) is 36.9. The summed E-state index contributed by atoms with van der Waals surface area (Å²) in [6.45, 7) is 5.91. The molecule has 0 bridgehead atoms. The van der Waals surface area contributed by atoms with Gasteiger partial charge in [-0.1, -0.05) is 12.1 Å². The molecule has 0 spiro atoms. The monoisotopic (exact) mass is 566 g/mol. The first-order chi connectivity index (χ1) is 19.7. The maximum Gasteiger partial charge on any atom is 0.415 e. The highest BCUT2D eigenvalue weighted by Crippen LogP contribution is 2.35. The van der Waals surface area contributed by atoms with Crippen LogP contribution in [0.4, 0.5) is 23.8 Å². The summed E-state index contributed by atoms with van der Waals surface area (Å²) < 4.78 is 46.9. The molecule has 41 heavy (non-hydrogen) atoms. The Balaban J connectivity index is 1.33. The SMILES string of the molecule is CCN(C(=O)Oc1ccc(F)cc1)[C@@H]1CN(C(=O)C2CCN(c3ccc(C)cn3)CC2)CC1c1ccc(F)c(F)c1. The number of piperidine rings is 1. The maximum absolute atomic E-state index is 14.3. The van der Waals surface area contributed by atoms with Crippen LogP contribution in [0.15, 0.2) is 60.8 Å². The first-order valence-electron chi connectivity index (χ1n) is 13.9. The highest BCUT2D eigenvalue weighted by molar-refractivity contribution is 5.80. The molecule has 1 unspecified atom stereocenters. The van der Waals surface area contributed by atoms with Crippen LogP contribution in [0, 0.1) is 30.3 Å². The van der Waals surface area contributed by atoms with Crippen molar-refractivity contribution in [1.82, 2.24) is 14.8 Å². The number of halogens is 3. The van der Waals surface area contributed by atoms with E-state index in [9.17, 15) is 22.8 Å². The molecule has 2 aromatic carbocycles. The molecule has 2 saturated heterocycles. The lowest BCUT2D eigenvalue weighted by molar-refractivity contribution is -0.135. The van der Waals surface area contributed by atoms with Crippen molar-refractivity contribution in [1.29, 1.82) is 0 Å². The van der Waals surface area contributed by atoms with Crippen LogP contribution in [0.2, 0.25) is 0 Å². The fourth-order valence-electron chi connectivity index (χ4n) is 5.77. The van der Waals surface area contributed by atoms with Crippen LogP contribution in [-0.2, 0) is 4.79 Å². The molecule has 0 aliphatic carbocycles. The first-order valence-corrected chi connectivity index (χ1v) is 13.9. The average molecular weight is 567 g/mol. The first kappa shape index (κ1) is 28.4. The number of rotatable bonds is 6. The van der Waals surface area contributed by atoms with Gasteiger partial charge in [0.2, 0.25) is 5.91 Å². The van der Waals surface area contributed by atoms with Crippen LogP contribution in [0.1, 0.15) is 36.8 Å². The number of nitrogens with zero attached hydrogens (tertiary/aromatic N) is 4. The molecule has 7 nitrogen and oxygen atoms in total. The molecule has 3 heterocycles. The highest BCUT2D eigenvalue weighted by Gasteiger charge is 2.43. The number of hydrogen-bond acceptors (Lipinski definition) is 5. The van der Waals surface area contributed by atoms with Gasteiger partial charge < -0.3 is 19.4 Å². The second kappa shape index (κ2) is 12.2. The van der Waals surface area contributed by atoms with Gasteiger partial charge in [0.15, 0.2) is 11.6 Å². The van der Waals surface area contributed by atoms with Crippen molar-refractivity contribution in [2.24, 2.45) is 5.92 Å². The van der Waals surface area contributed by atoms with Gasteiger partial charge in [-0.05, 0) is 80.3 Å². The predicted molar refractivity (Wildman–Crippen MR) is 148 cm³/mol. The Hall–Kier alpha value is -4.08. The zero-order valence-corrected chi connectivity index (χ0v) is 23.1. The normalized spacial score (nSPS) is 19.3. The van der Waals surface area contributed by atoms with Crippen LogP contribution in [0.25, 0.3) is 0 Å².